The van der Waals surface area contributed by atoms with E-state index in [2.05, 4.69) is 5.32 Å². The van der Waals surface area contributed by atoms with E-state index in [9.17, 15) is 10.1 Å². The lowest BCUT2D eigenvalue weighted by atomic mass is 10.0. The van der Waals surface area contributed by atoms with Gasteiger partial charge in [-0.1, -0.05) is 6.42 Å². The lowest BCUT2D eigenvalue weighted by molar-refractivity contribution is -0.385. The molecule has 0 spiro atoms. The molecule has 1 fully saturated rings. The summed E-state index contributed by atoms with van der Waals surface area (Å²) in [6.45, 7) is 0.649. The number of nitrogens with zero attached hydrogens (tertiary/aromatic N) is 1. The number of hydrogen-bond donors (Lipinski definition) is 2. The minimum absolute atomic E-state index is 0.0187. The third-order valence-electron chi connectivity index (χ3n) is 3.69. The molecule has 3 N–H and O–H groups in total. The number of anilines is 1. The topological polar surface area (TPSA) is 90.4 Å². The van der Waals surface area contributed by atoms with Gasteiger partial charge in [0.15, 0.2) is 5.75 Å². The Morgan fingerprint density at radius 3 is 2.95 bits per heavy atom. The van der Waals surface area contributed by atoms with Gasteiger partial charge < -0.3 is 15.8 Å². The average molecular weight is 265 g/mol. The van der Waals surface area contributed by atoms with Crippen molar-refractivity contribution < 1.29 is 9.66 Å². The smallest absolute Gasteiger partial charge is 0.312 e. The van der Waals surface area contributed by atoms with Crippen LogP contribution >= 0.6 is 0 Å². The molecule has 19 heavy (non-hydrogen) atoms. The predicted octanol–water partition coefficient (Wildman–Crippen LogP) is 2.14. The second-order valence-electron chi connectivity index (χ2n) is 4.82. The van der Waals surface area contributed by atoms with E-state index in [1.807, 2.05) is 0 Å². The van der Waals surface area contributed by atoms with Gasteiger partial charge in [-0.3, -0.25) is 10.1 Å². The van der Waals surface area contributed by atoms with Crippen LogP contribution in [0.4, 0.5) is 11.4 Å². The molecule has 1 aromatic carbocycles. The van der Waals surface area contributed by atoms with E-state index in [-0.39, 0.29) is 11.4 Å². The first-order valence-electron chi connectivity index (χ1n) is 6.44. The van der Waals surface area contributed by atoms with Crippen LogP contribution < -0.4 is 15.8 Å². The van der Waals surface area contributed by atoms with Gasteiger partial charge in [0, 0.05) is 17.8 Å². The molecule has 1 saturated carbocycles. The van der Waals surface area contributed by atoms with Gasteiger partial charge in [0.2, 0.25) is 0 Å². The zero-order chi connectivity index (χ0) is 13.8. The summed E-state index contributed by atoms with van der Waals surface area (Å²) in [5, 5.41) is 14.3. The van der Waals surface area contributed by atoms with Crippen molar-refractivity contribution in [3.8, 4) is 5.75 Å². The van der Waals surface area contributed by atoms with Gasteiger partial charge in [0.1, 0.15) is 0 Å². The van der Waals surface area contributed by atoms with Gasteiger partial charge in [-0.05, 0) is 37.4 Å². The van der Waals surface area contributed by atoms with Crippen LogP contribution in [0.1, 0.15) is 19.3 Å². The molecule has 0 saturated heterocycles. The monoisotopic (exact) mass is 265 g/mol. The van der Waals surface area contributed by atoms with Crippen molar-refractivity contribution in [2.24, 2.45) is 11.7 Å². The fourth-order valence-corrected chi connectivity index (χ4v) is 2.65. The van der Waals surface area contributed by atoms with Crippen LogP contribution in [-0.2, 0) is 0 Å². The Morgan fingerprint density at radius 1 is 1.53 bits per heavy atom. The van der Waals surface area contributed by atoms with Crippen molar-refractivity contribution in [2.75, 3.05) is 19.0 Å². The van der Waals surface area contributed by atoms with Crippen molar-refractivity contribution in [1.82, 2.24) is 0 Å². The Bertz CT molecular complexity index is 464. The lowest BCUT2D eigenvalue weighted by Crippen LogP contribution is -2.29. The first kappa shape index (κ1) is 13.6. The molecule has 0 bridgehead atoms. The van der Waals surface area contributed by atoms with Crippen LogP contribution in [0.5, 0.6) is 5.75 Å². The third-order valence-corrected chi connectivity index (χ3v) is 3.69. The standard InChI is InChI=1S/C13H19N3O3/c1-19-13-6-5-10(7-12(13)16(17)18)15-11-4-2-3-9(11)8-14/h5-7,9,11,15H,2-4,8,14H2,1H3. The Labute approximate surface area is 112 Å². The maximum absolute atomic E-state index is 11.0. The van der Waals surface area contributed by atoms with Crippen LogP contribution in [-0.4, -0.2) is 24.6 Å². The van der Waals surface area contributed by atoms with Crippen molar-refractivity contribution >= 4 is 11.4 Å². The molecular formula is C13H19N3O3. The van der Waals surface area contributed by atoms with E-state index >= 15 is 0 Å². The minimum Gasteiger partial charge on any atom is -0.490 e. The minimum atomic E-state index is -0.431. The quantitative estimate of drug-likeness (QED) is 0.628. The number of methoxy groups -OCH3 is 1. The number of nitro benzene ring substituents is 1. The molecule has 1 aromatic rings. The lowest BCUT2D eigenvalue weighted by Gasteiger charge is -2.20. The van der Waals surface area contributed by atoms with E-state index in [0.717, 1.165) is 24.9 Å². The number of nitro groups is 1. The first-order valence-corrected chi connectivity index (χ1v) is 6.44. The summed E-state index contributed by atoms with van der Waals surface area (Å²) in [4.78, 5) is 10.5. The normalized spacial score (nSPS) is 22.2. The molecule has 0 aromatic heterocycles. The summed E-state index contributed by atoms with van der Waals surface area (Å²) in [5.41, 5.74) is 6.46. The molecule has 104 valence electrons. The van der Waals surface area contributed by atoms with Crippen LogP contribution in [0.25, 0.3) is 0 Å². The zero-order valence-electron chi connectivity index (χ0n) is 11.0. The second-order valence-corrected chi connectivity index (χ2v) is 4.82. The fraction of sp³-hybridized carbons (Fsp3) is 0.538. The number of rotatable bonds is 5. The highest BCUT2D eigenvalue weighted by Gasteiger charge is 2.26. The van der Waals surface area contributed by atoms with Gasteiger partial charge in [-0.15, -0.1) is 0 Å². The number of nitrogens with one attached hydrogen (secondary N) is 1. The second kappa shape index (κ2) is 5.88. The van der Waals surface area contributed by atoms with Gasteiger partial charge in [-0.25, -0.2) is 0 Å². The van der Waals surface area contributed by atoms with Crippen LogP contribution in [0.15, 0.2) is 18.2 Å². The molecule has 0 aliphatic heterocycles. The Hall–Kier alpha value is -1.82. The Kier molecular flexibility index (Phi) is 4.21. The largest absolute Gasteiger partial charge is 0.490 e. The van der Waals surface area contributed by atoms with E-state index in [1.54, 1.807) is 12.1 Å². The molecule has 0 radical (unpaired) electrons. The molecule has 6 nitrogen and oxygen atoms in total. The van der Waals surface area contributed by atoms with Gasteiger partial charge in [-0.2, -0.15) is 0 Å². The number of hydrogen-bond acceptors (Lipinski definition) is 5. The molecule has 2 unspecified atom stereocenters. The summed E-state index contributed by atoms with van der Waals surface area (Å²) in [5.74, 6) is 0.721. The molecule has 6 heteroatoms. The summed E-state index contributed by atoms with van der Waals surface area (Å²) in [7, 11) is 1.43. The first-order chi connectivity index (χ1) is 9.15. The van der Waals surface area contributed by atoms with Crippen LogP contribution in [0, 0.1) is 16.0 Å². The fourth-order valence-electron chi connectivity index (χ4n) is 2.65. The summed E-state index contributed by atoms with van der Waals surface area (Å²) < 4.78 is 4.98. The van der Waals surface area contributed by atoms with E-state index in [1.165, 1.54) is 13.2 Å². The van der Waals surface area contributed by atoms with Crippen LogP contribution in [0.2, 0.25) is 0 Å². The number of nitrogens with two attached hydrogens (primary N) is 1. The Morgan fingerprint density at radius 2 is 2.32 bits per heavy atom. The molecule has 0 amide bonds. The summed E-state index contributed by atoms with van der Waals surface area (Å²) in [6.07, 6.45) is 3.33. The van der Waals surface area contributed by atoms with Gasteiger partial charge >= 0.3 is 5.69 Å². The SMILES string of the molecule is COc1ccc(NC2CCCC2CN)cc1[N+](=O)[O-]. The van der Waals surface area contributed by atoms with Crippen molar-refractivity contribution in [2.45, 2.75) is 25.3 Å². The van der Waals surface area contributed by atoms with Crippen molar-refractivity contribution in [3.05, 3.63) is 28.3 Å². The summed E-state index contributed by atoms with van der Waals surface area (Å²) >= 11 is 0. The van der Waals surface area contributed by atoms with Gasteiger partial charge in [0.25, 0.3) is 0 Å². The maximum Gasteiger partial charge on any atom is 0.312 e. The van der Waals surface area contributed by atoms with Crippen molar-refractivity contribution in [3.63, 3.8) is 0 Å². The molecular weight excluding hydrogens is 246 g/mol. The molecule has 2 atom stereocenters. The maximum atomic E-state index is 11.0. The van der Waals surface area contributed by atoms with Crippen molar-refractivity contribution in [1.29, 1.82) is 0 Å². The highest BCUT2D eigenvalue weighted by atomic mass is 16.6. The van der Waals surface area contributed by atoms with E-state index < -0.39 is 4.92 Å². The number of benzene rings is 1. The highest BCUT2D eigenvalue weighted by molar-refractivity contribution is 5.59. The predicted molar refractivity (Wildman–Crippen MR) is 73.5 cm³/mol. The van der Waals surface area contributed by atoms with Crippen LogP contribution in [0.3, 0.4) is 0 Å². The van der Waals surface area contributed by atoms with E-state index in [4.69, 9.17) is 10.5 Å². The van der Waals surface area contributed by atoms with Gasteiger partial charge in [0.05, 0.1) is 12.0 Å². The number of ether oxygens (including phenoxy) is 1. The average Bonchev–Trinajstić information content (AvgIpc) is 2.85. The highest BCUT2D eigenvalue weighted by Crippen LogP contribution is 2.32. The molecule has 2 rings (SSSR count). The Balaban J connectivity index is 2.17. The van der Waals surface area contributed by atoms with E-state index in [0.29, 0.717) is 18.5 Å². The molecule has 1 aliphatic rings. The molecule has 1 aliphatic carbocycles. The zero-order valence-corrected chi connectivity index (χ0v) is 11.0. The molecule has 0 heterocycles. The summed E-state index contributed by atoms with van der Waals surface area (Å²) in [6, 6.07) is 5.24. The third kappa shape index (κ3) is 2.96.